The van der Waals surface area contributed by atoms with Crippen LogP contribution in [0, 0.1) is 0 Å². The van der Waals surface area contributed by atoms with Gasteiger partial charge in [-0.3, -0.25) is 4.79 Å². The summed E-state index contributed by atoms with van der Waals surface area (Å²) in [5.41, 5.74) is 0.663. The molecule has 74 valence electrons. The molecule has 0 aromatic rings. The van der Waals surface area contributed by atoms with Crippen LogP contribution in [0.2, 0.25) is 0 Å². The molecule has 2 heteroatoms. The van der Waals surface area contributed by atoms with E-state index < -0.39 is 0 Å². The molecule has 0 aromatic heterocycles. The Balaban J connectivity index is 2.17. The van der Waals surface area contributed by atoms with Crippen LogP contribution in [-0.4, -0.2) is 18.5 Å². The Bertz CT molecular complexity index is 190. The van der Waals surface area contributed by atoms with Crippen molar-refractivity contribution >= 4 is 5.78 Å². The minimum absolute atomic E-state index is 0.175. The number of ether oxygens (including phenoxy) is 1. The number of rotatable bonds is 4. The van der Waals surface area contributed by atoms with E-state index in [2.05, 4.69) is 6.58 Å². The summed E-state index contributed by atoms with van der Waals surface area (Å²) in [6.45, 7) is 6.26. The maximum Gasteiger partial charge on any atom is 0.158 e. The lowest BCUT2D eigenvalue weighted by Crippen LogP contribution is -2.20. The third kappa shape index (κ3) is 3.73. The number of hydrogen-bond acceptors (Lipinski definition) is 2. The van der Waals surface area contributed by atoms with Gasteiger partial charge in [-0.1, -0.05) is 6.58 Å². The predicted molar refractivity (Wildman–Crippen MR) is 52.6 cm³/mol. The highest BCUT2D eigenvalue weighted by Gasteiger charge is 2.15. The molecule has 0 saturated carbocycles. The van der Waals surface area contributed by atoms with Crippen molar-refractivity contribution in [2.75, 3.05) is 6.61 Å². The van der Waals surface area contributed by atoms with Crippen LogP contribution in [0.5, 0.6) is 0 Å². The predicted octanol–water partition coefficient (Wildman–Crippen LogP) is 2.48. The fourth-order valence-corrected chi connectivity index (χ4v) is 1.54. The fourth-order valence-electron chi connectivity index (χ4n) is 1.54. The molecule has 1 saturated heterocycles. The van der Waals surface area contributed by atoms with E-state index in [-0.39, 0.29) is 5.78 Å². The average molecular weight is 182 g/mol. The molecule has 0 amide bonds. The van der Waals surface area contributed by atoms with Crippen molar-refractivity contribution < 1.29 is 9.53 Å². The van der Waals surface area contributed by atoms with Gasteiger partial charge in [0.2, 0.25) is 0 Å². The van der Waals surface area contributed by atoms with Crippen molar-refractivity contribution in [3.8, 4) is 0 Å². The second-order valence-electron chi connectivity index (χ2n) is 3.73. The summed E-state index contributed by atoms with van der Waals surface area (Å²) < 4.78 is 5.53. The van der Waals surface area contributed by atoms with Crippen molar-refractivity contribution in [3.05, 3.63) is 12.2 Å². The van der Waals surface area contributed by atoms with Crippen LogP contribution >= 0.6 is 0 Å². The molecule has 0 aromatic carbocycles. The molecule has 0 bridgehead atoms. The maximum atomic E-state index is 11.2. The van der Waals surface area contributed by atoms with Crippen LogP contribution in [-0.2, 0) is 9.53 Å². The minimum Gasteiger partial charge on any atom is -0.378 e. The zero-order valence-corrected chi connectivity index (χ0v) is 8.34. The van der Waals surface area contributed by atoms with Gasteiger partial charge in [-0.15, -0.1) is 0 Å². The fraction of sp³-hybridized carbons (Fsp3) is 0.727. The van der Waals surface area contributed by atoms with E-state index in [0.717, 1.165) is 19.4 Å². The normalized spacial score (nSPS) is 22.7. The summed E-state index contributed by atoms with van der Waals surface area (Å²) in [4.78, 5) is 11.2. The first kappa shape index (κ1) is 10.5. The van der Waals surface area contributed by atoms with Gasteiger partial charge in [0.1, 0.15) is 0 Å². The van der Waals surface area contributed by atoms with Gasteiger partial charge in [0.25, 0.3) is 0 Å². The topological polar surface area (TPSA) is 26.3 Å². The summed E-state index contributed by atoms with van der Waals surface area (Å²) in [5.74, 6) is 0.175. The Labute approximate surface area is 80.0 Å². The molecule has 1 atom stereocenters. The van der Waals surface area contributed by atoms with Crippen LogP contribution in [0.3, 0.4) is 0 Å². The molecular weight excluding hydrogens is 164 g/mol. The number of carbonyl (C=O) groups excluding carboxylic acids is 1. The van der Waals surface area contributed by atoms with Crippen LogP contribution < -0.4 is 0 Å². The number of ketones is 1. The van der Waals surface area contributed by atoms with Crippen LogP contribution in [0.4, 0.5) is 0 Å². The number of hydrogen-bond donors (Lipinski definition) is 0. The smallest absolute Gasteiger partial charge is 0.158 e. The second-order valence-corrected chi connectivity index (χ2v) is 3.73. The van der Waals surface area contributed by atoms with E-state index in [1.807, 2.05) is 0 Å². The Hall–Kier alpha value is -0.630. The van der Waals surface area contributed by atoms with E-state index >= 15 is 0 Å². The zero-order chi connectivity index (χ0) is 9.68. The highest BCUT2D eigenvalue weighted by Crippen LogP contribution is 2.17. The van der Waals surface area contributed by atoms with Crippen molar-refractivity contribution in [2.24, 2.45) is 0 Å². The first-order valence-corrected chi connectivity index (χ1v) is 5.00. The molecule has 1 aliphatic rings. The number of allylic oxidation sites excluding steroid dienone is 1. The Morgan fingerprint density at radius 3 is 2.85 bits per heavy atom. The molecule has 1 aliphatic heterocycles. The van der Waals surface area contributed by atoms with Crippen LogP contribution in [0.1, 0.15) is 39.0 Å². The van der Waals surface area contributed by atoms with Crippen molar-refractivity contribution in [3.63, 3.8) is 0 Å². The summed E-state index contributed by atoms with van der Waals surface area (Å²) in [6.07, 6.45) is 5.31. The largest absolute Gasteiger partial charge is 0.378 e. The monoisotopic (exact) mass is 182 g/mol. The SMILES string of the molecule is C=C(C)C(=O)CCC1CCCCO1. The van der Waals surface area contributed by atoms with E-state index in [0.29, 0.717) is 18.1 Å². The van der Waals surface area contributed by atoms with E-state index in [1.165, 1.54) is 12.8 Å². The second kappa shape index (κ2) is 5.18. The molecule has 0 N–H and O–H groups in total. The van der Waals surface area contributed by atoms with Gasteiger partial charge in [0, 0.05) is 13.0 Å². The zero-order valence-electron chi connectivity index (χ0n) is 8.34. The summed E-state index contributed by atoms with van der Waals surface area (Å²) in [5, 5.41) is 0. The van der Waals surface area contributed by atoms with Crippen molar-refractivity contribution in [1.29, 1.82) is 0 Å². The Morgan fingerprint density at radius 2 is 2.31 bits per heavy atom. The van der Waals surface area contributed by atoms with Gasteiger partial charge in [0.15, 0.2) is 5.78 Å². The van der Waals surface area contributed by atoms with Gasteiger partial charge in [-0.2, -0.15) is 0 Å². The number of Topliss-reactive ketones (excluding diaryl/α,β-unsaturated/α-hetero) is 1. The molecule has 2 nitrogen and oxygen atoms in total. The lowest BCUT2D eigenvalue weighted by atomic mass is 10.0. The van der Waals surface area contributed by atoms with Gasteiger partial charge in [-0.05, 0) is 38.2 Å². The molecular formula is C11H18O2. The summed E-state index contributed by atoms with van der Waals surface area (Å²) >= 11 is 0. The first-order chi connectivity index (χ1) is 6.20. The molecule has 1 heterocycles. The van der Waals surface area contributed by atoms with Gasteiger partial charge < -0.3 is 4.74 Å². The van der Waals surface area contributed by atoms with Gasteiger partial charge >= 0.3 is 0 Å². The maximum absolute atomic E-state index is 11.2. The molecule has 1 fully saturated rings. The van der Waals surface area contributed by atoms with Gasteiger partial charge in [-0.25, -0.2) is 0 Å². The number of carbonyl (C=O) groups is 1. The molecule has 13 heavy (non-hydrogen) atoms. The molecule has 1 unspecified atom stereocenters. The van der Waals surface area contributed by atoms with Crippen molar-refractivity contribution in [1.82, 2.24) is 0 Å². The molecule has 0 radical (unpaired) electrons. The lowest BCUT2D eigenvalue weighted by molar-refractivity contribution is -0.116. The lowest BCUT2D eigenvalue weighted by Gasteiger charge is -2.22. The third-order valence-electron chi connectivity index (χ3n) is 2.44. The van der Waals surface area contributed by atoms with E-state index in [1.54, 1.807) is 6.92 Å². The quantitative estimate of drug-likeness (QED) is 0.624. The standard InChI is InChI=1S/C11H18O2/c1-9(2)11(12)7-6-10-5-3-4-8-13-10/h10H,1,3-8H2,2H3. The highest BCUT2D eigenvalue weighted by molar-refractivity contribution is 5.94. The summed E-state index contributed by atoms with van der Waals surface area (Å²) in [6, 6.07) is 0. The minimum atomic E-state index is 0.175. The average Bonchev–Trinajstić information content (AvgIpc) is 2.15. The summed E-state index contributed by atoms with van der Waals surface area (Å²) in [7, 11) is 0. The van der Waals surface area contributed by atoms with Crippen molar-refractivity contribution in [2.45, 2.75) is 45.1 Å². The Morgan fingerprint density at radius 1 is 1.54 bits per heavy atom. The molecule has 0 spiro atoms. The van der Waals surface area contributed by atoms with Crippen LogP contribution in [0.15, 0.2) is 12.2 Å². The Kier molecular flexibility index (Phi) is 4.16. The van der Waals surface area contributed by atoms with Gasteiger partial charge in [0.05, 0.1) is 6.10 Å². The first-order valence-electron chi connectivity index (χ1n) is 5.00. The third-order valence-corrected chi connectivity index (χ3v) is 2.44. The van der Waals surface area contributed by atoms with Crippen LogP contribution in [0.25, 0.3) is 0 Å². The molecule has 0 aliphatic carbocycles. The van der Waals surface area contributed by atoms with E-state index in [4.69, 9.17) is 4.74 Å². The van der Waals surface area contributed by atoms with E-state index in [9.17, 15) is 4.79 Å². The highest BCUT2D eigenvalue weighted by atomic mass is 16.5. The molecule has 1 rings (SSSR count).